The van der Waals surface area contributed by atoms with Crippen molar-refractivity contribution >= 4 is 9.84 Å². The second-order valence-electron chi connectivity index (χ2n) is 5.97. The van der Waals surface area contributed by atoms with Crippen LogP contribution < -0.4 is 5.32 Å². The molecule has 0 spiro atoms. The Hall–Kier alpha value is -0.130. The van der Waals surface area contributed by atoms with Crippen LogP contribution in [0.5, 0.6) is 0 Å². The van der Waals surface area contributed by atoms with Crippen LogP contribution in [0.3, 0.4) is 0 Å². The van der Waals surface area contributed by atoms with Crippen LogP contribution in [0.2, 0.25) is 0 Å². The molecule has 5 heteroatoms. The third kappa shape index (κ3) is 4.56. The van der Waals surface area contributed by atoms with Gasteiger partial charge in [-0.15, -0.1) is 0 Å². The van der Waals surface area contributed by atoms with Gasteiger partial charge in [-0.1, -0.05) is 0 Å². The van der Waals surface area contributed by atoms with Crippen molar-refractivity contribution in [1.82, 2.24) is 5.32 Å². The molecular weight excluding hydrogens is 238 g/mol. The first-order valence-electron chi connectivity index (χ1n) is 6.33. The first-order chi connectivity index (χ1) is 7.72. The number of aliphatic hydroxyl groups is 1. The molecule has 1 aliphatic carbocycles. The number of hydrogen-bond acceptors (Lipinski definition) is 4. The van der Waals surface area contributed by atoms with Crippen LogP contribution in [-0.4, -0.2) is 43.2 Å². The molecule has 0 aromatic rings. The maximum absolute atomic E-state index is 11.8. The van der Waals surface area contributed by atoms with Crippen LogP contribution in [0.1, 0.15) is 40.0 Å². The van der Waals surface area contributed by atoms with E-state index < -0.39 is 14.6 Å². The second kappa shape index (κ2) is 5.67. The van der Waals surface area contributed by atoms with E-state index in [-0.39, 0.29) is 11.9 Å². The van der Waals surface area contributed by atoms with E-state index in [4.69, 9.17) is 0 Å². The smallest absolute Gasteiger partial charge is 0.156 e. The molecule has 1 rings (SSSR count). The van der Waals surface area contributed by atoms with E-state index in [2.05, 4.69) is 5.32 Å². The zero-order valence-corrected chi connectivity index (χ0v) is 11.9. The molecule has 2 N–H and O–H groups in total. The fourth-order valence-electron chi connectivity index (χ4n) is 2.05. The van der Waals surface area contributed by atoms with Gasteiger partial charge in [0.25, 0.3) is 0 Å². The molecule has 0 radical (unpaired) electrons. The molecule has 0 amide bonds. The number of hydrogen-bond donors (Lipinski definition) is 2. The largest absolute Gasteiger partial charge is 0.393 e. The summed E-state index contributed by atoms with van der Waals surface area (Å²) < 4.78 is 23.0. The van der Waals surface area contributed by atoms with Crippen molar-refractivity contribution in [3.8, 4) is 0 Å². The summed E-state index contributed by atoms with van der Waals surface area (Å²) in [6.45, 7) is 6.52. The molecule has 1 saturated carbocycles. The molecule has 0 bridgehead atoms. The molecule has 2 unspecified atom stereocenters. The topological polar surface area (TPSA) is 66.4 Å². The molecule has 0 aromatic heterocycles. The summed E-state index contributed by atoms with van der Waals surface area (Å²) in [5.74, 6) is 0.688. The van der Waals surface area contributed by atoms with Crippen molar-refractivity contribution in [2.75, 3.05) is 18.8 Å². The van der Waals surface area contributed by atoms with E-state index >= 15 is 0 Å². The standard InChI is InChI=1S/C12H25NO3S/c1-12(2,3)17(15,16)7-6-13-9-10-4-5-11(14)8-10/h10-11,13-14H,4-9H2,1-3H3. The zero-order chi connectivity index (χ0) is 13.1. The minimum atomic E-state index is -3.02. The highest BCUT2D eigenvalue weighted by atomic mass is 32.2. The Kier molecular flexibility index (Phi) is 4.98. The van der Waals surface area contributed by atoms with E-state index in [9.17, 15) is 13.5 Å². The number of aliphatic hydroxyl groups excluding tert-OH is 1. The van der Waals surface area contributed by atoms with Crippen LogP contribution in [0, 0.1) is 5.92 Å². The lowest BCUT2D eigenvalue weighted by Gasteiger charge is -2.19. The fraction of sp³-hybridized carbons (Fsp3) is 1.00. The summed E-state index contributed by atoms with van der Waals surface area (Å²) in [6.07, 6.45) is 2.62. The lowest BCUT2D eigenvalue weighted by Crippen LogP contribution is -2.35. The highest BCUT2D eigenvalue weighted by molar-refractivity contribution is 7.92. The molecule has 17 heavy (non-hydrogen) atoms. The minimum Gasteiger partial charge on any atom is -0.393 e. The quantitative estimate of drug-likeness (QED) is 0.725. The van der Waals surface area contributed by atoms with Gasteiger partial charge in [0, 0.05) is 6.54 Å². The maximum atomic E-state index is 11.8. The van der Waals surface area contributed by atoms with Gasteiger partial charge in [0.05, 0.1) is 16.6 Å². The van der Waals surface area contributed by atoms with Crippen LogP contribution in [-0.2, 0) is 9.84 Å². The van der Waals surface area contributed by atoms with Crippen LogP contribution >= 0.6 is 0 Å². The Morgan fingerprint density at radius 3 is 2.41 bits per heavy atom. The third-order valence-corrected chi connectivity index (χ3v) is 6.03. The predicted molar refractivity (Wildman–Crippen MR) is 69.8 cm³/mol. The lowest BCUT2D eigenvalue weighted by atomic mass is 10.1. The number of rotatable bonds is 5. The van der Waals surface area contributed by atoms with Gasteiger partial charge in [-0.05, 0) is 52.5 Å². The Balaban J connectivity index is 2.21. The summed E-state index contributed by atoms with van der Waals surface area (Å²) in [6, 6.07) is 0. The van der Waals surface area contributed by atoms with Gasteiger partial charge in [-0.2, -0.15) is 0 Å². The van der Waals surface area contributed by atoms with Gasteiger partial charge >= 0.3 is 0 Å². The maximum Gasteiger partial charge on any atom is 0.156 e. The van der Waals surface area contributed by atoms with E-state index in [1.165, 1.54) is 0 Å². The first kappa shape index (κ1) is 14.9. The lowest BCUT2D eigenvalue weighted by molar-refractivity contribution is 0.177. The van der Waals surface area contributed by atoms with E-state index in [1.807, 2.05) is 0 Å². The number of nitrogens with one attached hydrogen (secondary N) is 1. The van der Waals surface area contributed by atoms with Crippen LogP contribution in [0.25, 0.3) is 0 Å². The molecular formula is C12H25NO3S. The molecule has 0 heterocycles. The van der Waals surface area contributed by atoms with E-state index in [1.54, 1.807) is 20.8 Å². The molecule has 102 valence electrons. The Labute approximate surface area is 105 Å². The molecule has 1 aliphatic rings. The molecule has 4 nitrogen and oxygen atoms in total. The molecule has 2 atom stereocenters. The summed E-state index contributed by atoms with van der Waals surface area (Å²) in [7, 11) is -3.02. The average molecular weight is 263 g/mol. The first-order valence-corrected chi connectivity index (χ1v) is 7.98. The summed E-state index contributed by atoms with van der Waals surface area (Å²) in [5.41, 5.74) is 0. The Bertz CT molecular complexity index is 332. The van der Waals surface area contributed by atoms with Gasteiger partial charge in [0.15, 0.2) is 9.84 Å². The Morgan fingerprint density at radius 2 is 1.94 bits per heavy atom. The fourth-order valence-corrected chi connectivity index (χ4v) is 3.08. The SMILES string of the molecule is CC(C)(C)S(=O)(=O)CCNCC1CCC(O)C1. The minimum absolute atomic E-state index is 0.153. The van der Waals surface area contributed by atoms with Crippen molar-refractivity contribution in [2.24, 2.45) is 5.92 Å². The molecule has 1 fully saturated rings. The molecule has 0 saturated heterocycles. The normalized spacial score (nSPS) is 26.4. The predicted octanol–water partition coefficient (Wildman–Crippen LogP) is 0.950. The van der Waals surface area contributed by atoms with Gasteiger partial charge in [-0.25, -0.2) is 8.42 Å². The third-order valence-electron chi connectivity index (χ3n) is 3.43. The van der Waals surface area contributed by atoms with Crippen LogP contribution in [0.15, 0.2) is 0 Å². The van der Waals surface area contributed by atoms with Crippen molar-refractivity contribution in [3.05, 3.63) is 0 Å². The summed E-state index contributed by atoms with van der Waals surface area (Å²) >= 11 is 0. The zero-order valence-electron chi connectivity index (χ0n) is 11.1. The van der Waals surface area contributed by atoms with Crippen molar-refractivity contribution in [1.29, 1.82) is 0 Å². The monoisotopic (exact) mass is 263 g/mol. The molecule has 0 aromatic carbocycles. The van der Waals surface area contributed by atoms with E-state index in [0.717, 1.165) is 25.8 Å². The summed E-state index contributed by atoms with van der Waals surface area (Å²) in [5, 5.41) is 12.6. The van der Waals surface area contributed by atoms with Crippen molar-refractivity contribution < 1.29 is 13.5 Å². The number of sulfone groups is 1. The second-order valence-corrected chi connectivity index (χ2v) is 8.83. The van der Waals surface area contributed by atoms with Crippen LogP contribution in [0.4, 0.5) is 0 Å². The Morgan fingerprint density at radius 1 is 1.29 bits per heavy atom. The molecule has 0 aliphatic heterocycles. The van der Waals surface area contributed by atoms with E-state index in [0.29, 0.717) is 12.5 Å². The van der Waals surface area contributed by atoms with Gasteiger partial charge < -0.3 is 10.4 Å². The van der Waals surface area contributed by atoms with Crippen molar-refractivity contribution in [2.45, 2.75) is 50.9 Å². The van der Waals surface area contributed by atoms with Gasteiger partial charge in [0.1, 0.15) is 0 Å². The van der Waals surface area contributed by atoms with Gasteiger partial charge in [0.2, 0.25) is 0 Å². The highest BCUT2D eigenvalue weighted by Gasteiger charge is 2.28. The van der Waals surface area contributed by atoms with Gasteiger partial charge in [-0.3, -0.25) is 0 Å². The van der Waals surface area contributed by atoms with Crippen molar-refractivity contribution in [3.63, 3.8) is 0 Å². The highest BCUT2D eigenvalue weighted by Crippen LogP contribution is 2.24. The average Bonchev–Trinajstić information content (AvgIpc) is 2.57. The summed E-state index contributed by atoms with van der Waals surface area (Å²) in [4.78, 5) is 0.